The van der Waals surface area contributed by atoms with E-state index in [1.54, 1.807) is 27.7 Å². The summed E-state index contributed by atoms with van der Waals surface area (Å²) < 4.78 is 37.7. The molecule has 1 saturated heterocycles. The number of morpholine rings is 1. The van der Waals surface area contributed by atoms with Crippen LogP contribution in [-0.4, -0.2) is 55.6 Å². The van der Waals surface area contributed by atoms with Gasteiger partial charge in [-0.25, -0.2) is 9.52 Å². The van der Waals surface area contributed by atoms with Crippen LogP contribution in [0.15, 0.2) is 0 Å². The summed E-state index contributed by atoms with van der Waals surface area (Å²) in [7, 11) is -3.97. The van der Waals surface area contributed by atoms with Gasteiger partial charge in [0.15, 0.2) is 0 Å². The minimum Gasteiger partial charge on any atom is -0.446 e. The van der Waals surface area contributed by atoms with Crippen molar-refractivity contribution in [3.63, 3.8) is 0 Å². The Kier molecular flexibility index (Phi) is 5.65. The van der Waals surface area contributed by atoms with Crippen molar-refractivity contribution in [3.8, 4) is 0 Å². The van der Waals surface area contributed by atoms with Gasteiger partial charge in [0.25, 0.3) is 0 Å². The second kappa shape index (κ2) is 6.46. The number of ether oxygens (including phenoxy) is 2. The third-order valence-corrected chi connectivity index (χ3v) is 4.24. The highest BCUT2D eigenvalue weighted by Crippen LogP contribution is 2.23. The Bertz CT molecular complexity index is 452. The van der Waals surface area contributed by atoms with E-state index in [4.69, 9.17) is 21.1 Å². The number of halogens is 1. The summed E-state index contributed by atoms with van der Waals surface area (Å²) in [6, 6.07) is 0. The second-order valence-corrected chi connectivity index (χ2v) is 7.49. The molecule has 0 aromatic rings. The van der Waals surface area contributed by atoms with Gasteiger partial charge in [-0.2, -0.15) is 12.7 Å². The molecule has 1 unspecified atom stereocenters. The van der Waals surface area contributed by atoms with Gasteiger partial charge in [-0.1, -0.05) is 0 Å². The van der Waals surface area contributed by atoms with E-state index < -0.39 is 34.1 Å². The van der Waals surface area contributed by atoms with Gasteiger partial charge >= 0.3 is 16.3 Å². The standard InChI is InChI=1S/C11H21ClN2O5S/c1-8(2)18-10(15)13-20(16,17)14-6-9(5-12)19-11(3,4)7-14/h8-9H,5-7H2,1-4H3,(H,13,15). The van der Waals surface area contributed by atoms with Crippen molar-refractivity contribution in [1.29, 1.82) is 0 Å². The number of carbonyl (C=O) groups excluding carboxylic acids is 1. The highest BCUT2D eigenvalue weighted by molar-refractivity contribution is 7.87. The molecule has 1 N–H and O–H groups in total. The lowest BCUT2D eigenvalue weighted by Crippen LogP contribution is -2.58. The predicted octanol–water partition coefficient (Wildman–Crippen LogP) is 1.08. The van der Waals surface area contributed by atoms with Crippen molar-refractivity contribution in [2.24, 2.45) is 0 Å². The molecular weight excluding hydrogens is 308 g/mol. The fourth-order valence-electron chi connectivity index (χ4n) is 1.91. The minimum atomic E-state index is -3.97. The first kappa shape index (κ1) is 17.5. The summed E-state index contributed by atoms with van der Waals surface area (Å²) in [5, 5.41) is 0. The lowest BCUT2D eigenvalue weighted by atomic mass is 10.1. The van der Waals surface area contributed by atoms with Gasteiger partial charge in [-0.3, -0.25) is 0 Å². The van der Waals surface area contributed by atoms with Crippen LogP contribution in [0, 0.1) is 0 Å². The van der Waals surface area contributed by atoms with Gasteiger partial charge in [0, 0.05) is 19.0 Å². The first-order valence-electron chi connectivity index (χ1n) is 6.28. The second-order valence-electron chi connectivity index (χ2n) is 5.51. The van der Waals surface area contributed by atoms with Crippen molar-refractivity contribution in [2.75, 3.05) is 19.0 Å². The normalized spacial score (nSPS) is 23.6. The Hall–Kier alpha value is -0.570. The molecule has 1 aliphatic rings. The van der Waals surface area contributed by atoms with Gasteiger partial charge in [-0.05, 0) is 27.7 Å². The quantitative estimate of drug-likeness (QED) is 0.781. The molecule has 20 heavy (non-hydrogen) atoms. The molecular formula is C11H21ClN2O5S. The van der Waals surface area contributed by atoms with E-state index in [-0.39, 0.29) is 19.0 Å². The molecule has 1 rings (SSSR count). The summed E-state index contributed by atoms with van der Waals surface area (Å²) in [5.74, 6) is 0.173. The van der Waals surface area contributed by atoms with Crippen LogP contribution in [0.4, 0.5) is 4.79 Å². The molecule has 7 nitrogen and oxygen atoms in total. The van der Waals surface area contributed by atoms with Gasteiger partial charge in [0.1, 0.15) is 0 Å². The number of nitrogens with zero attached hydrogens (tertiary/aromatic N) is 1. The number of carbonyl (C=O) groups is 1. The van der Waals surface area contributed by atoms with Gasteiger partial charge in [0.2, 0.25) is 0 Å². The molecule has 1 heterocycles. The summed E-state index contributed by atoms with van der Waals surface area (Å²) in [5.41, 5.74) is -0.672. The van der Waals surface area contributed by atoms with E-state index in [0.717, 1.165) is 4.31 Å². The Balaban J connectivity index is 2.78. The Morgan fingerprint density at radius 3 is 2.65 bits per heavy atom. The van der Waals surface area contributed by atoms with Crippen LogP contribution in [0.3, 0.4) is 0 Å². The van der Waals surface area contributed by atoms with Gasteiger partial charge in [0.05, 0.1) is 17.8 Å². The molecule has 0 aliphatic carbocycles. The Morgan fingerprint density at radius 1 is 1.55 bits per heavy atom. The fourth-order valence-corrected chi connectivity index (χ4v) is 3.31. The Morgan fingerprint density at radius 2 is 2.15 bits per heavy atom. The largest absolute Gasteiger partial charge is 0.446 e. The minimum absolute atomic E-state index is 0.0945. The smallest absolute Gasteiger partial charge is 0.422 e. The van der Waals surface area contributed by atoms with Crippen molar-refractivity contribution in [3.05, 3.63) is 0 Å². The molecule has 9 heteroatoms. The summed E-state index contributed by atoms with van der Waals surface area (Å²) in [4.78, 5) is 11.4. The molecule has 0 saturated carbocycles. The molecule has 0 bridgehead atoms. The number of nitrogens with one attached hydrogen (secondary N) is 1. The molecule has 0 aromatic heterocycles. The van der Waals surface area contributed by atoms with Crippen LogP contribution in [-0.2, 0) is 19.7 Å². The van der Waals surface area contributed by atoms with Crippen molar-refractivity contribution >= 4 is 27.9 Å². The van der Waals surface area contributed by atoms with Crippen molar-refractivity contribution in [2.45, 2.75) is 45.5 Å². The highest BCUT2D eigenvalue weighted by atomic mass is 35.5. The van der Waals surface area contributed by atoms with Crippen LogP contribution in [0.1, 0.15) is 27.7 Å². The van der Waals surface area contributed by atoms with E-state index in [9.17, 15) is 13.2 Å². The van der Waals surface area contributed by atoms with E-state index in [1.165, 1.54) is 0 Å². The molecule has 0 aromatic carbocycles. The fraction of sp³-hybridized carbons (Fsp3) is 0.909. The molecule has 118 valence electrons. The first-order chi connectivity index (χ1) is 9.05. The first-order valence-corrected chi connectivity index (χ1v) is 8.25. The Labute approximate surface area is 124 Å². The zero-order valence-electron chi connectivity index (χ0n) is 12.1. The van der Waals surface area contributed by atoms with Crippen LogP contribution in [0.5, 0.6) is 0 Å². The molecule has 1 amide bonds. The monoisotopic (exact) mass is 328 g/mol. The zero-order valence-corrected chi connectivity index (χ0v) is 13.6. The lowest BCUT2D eigenvalue weighted by Gasteiger charge is -2.41. The lowest BCUT2D eigenvalue weighted by molar-refractivity contribution is -0.108. The number of rotatable bonds is 4. The molecule has 0 radical (unpaired) electrons. The van der Waals surface area contributed by atoms with Crippen LogP contribution >= 0.6 is 11.6 Å². The topological polar surface area (TPSA) is 84.9 Å². The van der Waals surface area contributed by atoms with Crippen LogP contribution in [0.2, 0.25) is 0 Å². The summed E-state index contributed by atoms with van der Waals surface area (Å²) in [6.07, 6.45) is -1.81. The van der Waals surface area contributed by atoms with Crippen molar-refractivity contribution < 1.29 is 22.7 Å². The predicted molar refractivity (Wildman–Crippen MR) is 74.9 cm³/mol. The van der Waals surface area contributed by atoms with E-state index >= 15 is 0 Å². The van der Waals surface area contributed by atoms with Gasteiger partial charge < -0.3 is 9.47 Å². The van der Waals surface area contributed by atoms with Crippen LogP contribution < -0.4 is 4.72 Å². The number of alkyl halides is 1. The average Bonchev–Trinajstić information content (AvgIpc) is 2.24. The maximum atomic E-state index is 12.1. The molecule has 0 spiro atoms. The zero-order chi connectivity index (χ0) is 15.6. The van der Waals surface area contributed by atoms with Crippen molar-refractivity contribution in [1.82, 2.24) is 9.03 Å². The SMILES string of the molecule is CC(C)OC(=O)NS(=O)(=O)N1CC(CCl)OC(C)(C)C1. The third-order valence-electron chi connectivity index (χ3n) is 2.52. The maximum Gasteiger partial charge on any atom is 0.422 e. The number of amides is 1. The molecule has 1 atom stereocenters. The van der Waals surface area contributed by atoms with E-state index in [0.29, 0.717) is 0 Å². The maximum absolute atomic E-state index is 12.1. The van der Waals surface area contributed by atoms with E-state index in [1.807, 2.05) is 4.72 Å². The highest BCUT2D eigenvalue weighted by Gasteiger charge is 2.39. The van der Waals surface area contributed by atoms with Crippen LogP contribution in [0.25, 0.3) is 0 Å². The summed E-state index contributed by atoms with van der Waals surface area (Å²) >= 11 is 5.74. The molecule has 1 fully saturated rings. The average molecular weight is 329 g/mol. The molecule has 1 aliphatic heterocycles. The van der Waals surface area contributed by atoms with E-state index in [2.05, 4.69) is 0 Å². The number of hydrogen-bond donors (Lipinski definition) is 1. The van der Waals surface area contributed by atoms with Gasteiger partial charge in [-0.15, -0.1) is 11.6 Å². The summed E-state index contributed by atoms with van der Waals surface area (Å²) in [6.45, 7) is 7.02. The third kappa shape index (κ3) is 5.08. The number of hydrogen-bond acceptors (Lipinski definition) is 5.